The number of methoxy groups -OCH3 is 1. The lowest BCUT2D eigenvalue weighted by atomic mass is 10.1. The van der Waals surface area contributed by atoms with Crippen LogP contribution in [0.5, 0.6) is 11.5 Å². The van der Waals surface area contributed by atoms with Gasteiger partial charge in [0.2, 0.25) is 0 Å². The van der Waals surface area contributed by atoms with E-state index in [2.05, 4.69) is 31.4 Å². The van der Waals surface area contributed by atoms with Gasteiger partial charge in [-0.3, -0.25) is 9.69 Å². The van der Waals surface area contributed by atoms with Crippen molar-refractivity contribution >= 4 is 39.7 Å². The molecule has 1 fully saturated rings. The number of amides is 1. The maximum atomic E-state index is 12.1. The SMILES string of the molecule is COc1cc(/C=N\NC(=O)CN2CCCCC2)cc(Br)c1OCc1ccccc1Cl. The van der Waals surface area contributed by atoms with Gasteiger partial charge in [-0.25, -0.2) is 5.43 Å². The van der Waals surface area contributed by atoms with Gasteiger partial charge in [0.1, 0.15) is 6.61 Å². The third kappa shape index (κ3) is 6.45. The Morgan fingerprint density at radius 3 is 2.77 bits per heavy atom. The second kappa shape index (κ2) is 11.3. The van der Waals surface area contributed by atoms with Crippen LogP contribution in [0.3, 0.4) is 0 Å². The van der Waals surface area contributed by atoms with Crippen LogP contribution in [0.1, 0.15) is 30.4 Å². The van der Waals surface area contributed by atoms with Gasteiger partial charge in [0.25, 0.3) is 5.91 Å². The Morgan fingerprint density at radius 1 is 1.27 bits per heavy atom. The average molecular weight is 495 g/mol. The number of hydrogen-bond acceptors (Lipinski definition) is 5. The molecular formula is C22H25BrClN3O3. The summed E-state index contributed by atoms with van der Waals surface area (Å²) in [6, 6.07) is 11.2. The lowest BCUT2D eigenvalue weighted by Gasteiger charge is -2.25. The predicted molar refractivity (Wildman–Crippen MR) is 123 cm³/mol. The molecule has 0 unspecified atom stereocenters. The smallest absolute Gasteiger partial charge is 0.254 e. The molecule has 2 aromatic rings. The van der Waals surface area contributed by atoms with Crippen molar-refractivity contribution in [2.75, 3.05) is 26.7 Å². The number of nitrogens with one attached hydrogen (secondary N) is 1. The summed E-state index contributed by atoms with van der Waals surface area (Å²) in [6.45, 7) is 2.63. The van der Waals surface area contributed by atoms with Gasteiger partial charge in [-0.15, -0.1) is 0 Å². The number of piperidine rings is 1. The molecule has 1 amide bonds. The van der Waals surface area contributed by atoms with Crippen molar-refractivity contribution in [3.05, 3.63) is 57.0 Å². The standard InChI is InChI=1S/C22H25BrClN3O3/c1-29-20-12-16(13-25-26-21(28)14-27-9-5-2-6-10-27)11-18(23)22(20)30-15-17-7-3-4-8-19(17)24/h3-4,7-8,11-13H,2,5-6,9-10,14-15H2,1H3,(H,26,28)/b25-13-. The van der Waals surface area contributed by atoms with Crippen LogP contribution in [0.25, 0.3) is 0 Å². The Bertz CT molecular complexity index is 901. The number of likely N-dealkylation sites (tertiary alicyclic amines) is 1. The molecule has 3 rings (SSSR count). The van der Waals surface area contributed by atoms with Crippen LogP contribution in [-0.2, 0) is 11.4 Å². The van der Waals surface area contributed by atoms with E-state index >= 15 is 0 Å². The minimum atomic E-state index is -0.112. The van der Waals surface area contributed by atoms with Crippen LogP contribution >= 0.6 is 27.5 Å². The van der Waals surface area contributed by atoms with Crippen LogP contribution in [0.4, 0.5) is 0 Å². The monoisotopic (exact) mass is 493 g/mol. The zero-order chi connectivity index (χ0) is 21.3. The molecule has 1 heterocycles. The van der Waals surface area contributed by atoms with E-state index in [9.17, 15) is 4.79 Å². The highest BCUT2D eigenvalue weighted by atomic mass is 79.9. The molecule has 30 heavy (non-hydrogen) atoms. The number of carbonyl (C=O) groups is 1. The summed E-state index contributed by atoms with van der Waals surface area (Å²) < 4.78 is 12.1. The summed E-state index contributed by atoms with van der Waals surface area (Å²) in [6.07, 6.45) is 5.12. The molecule has 160 valence electrons. The van der Waals surface area contributed by atoms with Crippen molar-refractivity contribution in [2.24, 2.45) is 5.10 Å². The zero-order valence-electron chi connectivity index (χ0n) is 16.9. The fraction of sp³-hybridized carbons (Fsp3) is 0.364. The first-order valence-corrected chi connectivity index (χ1v) is 11.0. The maximum Gasteiger partial charge on any atom is 0.254 e. The number of rotatable bonds is 8. The fourth-order valence-electron chi connectivity index (χ4n) is 3.25. The number of halogens is 2. The van der Waals surface area contributed by atoms with Crippen LogP contribution in [0.2, 0.25) is 5.02 Å². The summed E-state index contributed by atoms with van der Waals surface area (Å²) in [7, 11) is 1.57. The van der Waals surface area contributed by atoms with Crippen LogP contribution in [-0.4, -0.2) is 43.8 Å². The number of hydrogen-bond donors (Lipinski definition) is 1. The molecule has 0 aromatic heterocycles. The van der Waals surface area contributed by atoms with Crippen LogP contribution < -0.4 is 14.9 Å². The number of carbonyl (C=O) groups excluding carboxylic acids is 1. The van der Waals surface area contributed by atoms with Gasteiger partial charge in [-0.2, -0.15) is 5.10 Å². The van der Waals surface area contributed by atoms with Crippen LogP contribution in [0.15, 0.2) is 46.0 Å². The quantitative estimate of drug-likeness (QED) is 0.429. The second-order valence-corrected chi connectivity index (χ2v) is 8.31. The number of ether oxygens (including phenoxy) is 2. The number of nitrogens with zero attached hydrogens (tertiary/aromatic N) is 2. The van der Waals surface area contributed by atoms with Gasteiger partial charge < -0.3 is 9.47 Å². The molecule has 0 aliphatic carbocycles. The van der Waals surface area contributed by atoms with Crippen molar-refractivity contribution in [1.82, 2.24) is 10.3 Å². The summed E-state index contributed by atoms with van der Waals surface area (Å²) in [5, 5.41) is 4.72. The molecular weight excluding hydrogens is 470 g/mol. The number of hydrazone groups is 1. The average Bonchev–Trinajstić information content (AvgIpc) is 2.74. The topological polar surface area (TPSA) is 63.2 Å². The molecule has 1 aliphatic rings. The largest absolute Gasteiger partial charge is 0.493 e. The van der Waals surface area contributed by atoms with Gasteiger partial charge in [0.15, 0.2) is 11.5 Å². The third-order valence-corrected chi connectivity index (χ3v) is 5.76. The summed E-state index contributed by atoms with van der Waals surface area (Å²) in [4.78, 5) is 14.2. The Kier molecular flexibility index (Phi) is 8.54. The lowest BCUT2D eigenvalue weighted by Crippen LogP contribution is -2.38. The molecule has 0 bridgehead atoms. The van der Waals surface area contributed by atoms with E-state index in [1.54, 1.807) is 19.4 Å². The van der Waals surface area contributed by atoms with Gasteiger partial charge in [0, 0.05) is 10.6 Å². The minimum Gasteiger partial charge on any atom is -0.493 e. The Morgan fingerprint density at radius 2 is 2.03 bits per heavy atom. The first-order chi connectivity index (χ1) is 14.6. The maximum absolute atomic E-state index is 12.1. The second-order valence-electron chi connectivity index (χ2n) is 7.04. The summed E-state index contributed by atoms with van der Waals surface area (Å²) >= 11 is 9.72. The molecule has 0 atom stereocenters. The molecule has 8 heteroatoms. The van der Waals surface area contributed by atoms with Gasteiger partial charge in [0.05, 0.1) is 24.3 Å². The third-order valence-electron chi connectivity index (χ3n) is 4.80. The Balaban J connectivity index is 1.60. The lowest BCUT2D eigenvalue weighted by molar-refractivity contribution is -0.122. The predicted octanol–water partition coefficient (Wildman–Crippen LogP) is 4.63. The van der Waals surface area contributed by atoms with E-state index in [1.807, 2.05) is 30.3 Å². The molecule has 6 nitrogen and oxygen atoms in total. The van der Waals surface area contributed by atoms with Crippen molar-refractivity contribution < 1.29 is 14.3 Å². The van der Waals surface area contributed by atoms with Crippen molar-refractivity contribution in [2.45, 2.75) is 25.9 Å². The van der Waals surface area contributed by atoms with E-state index in [0.717, 1.165) is 41.5 Å². The van der Waals surface area contributed by atoms with Crippen molar-refractivity contribution in [1.29, 1.82) is 0 Å². The molecule has 0 radical (unpaired) electrons. The molecule has 0 saturated carbocycles. The Hall–Kier alpha value is -2.09. The normalized spacial score (nSPS) is 14.6. The highest BCUT2D eigenvalue weighted by molar-refractivity contribution is 9.10. The first kappa shape index (κ1) is 22.6. The first-order valence-electron chi connectivity index (χ1n) is 9.85. The molecule has 2 aromatic carbocycles. The highest BCUT2D eigenvalue weighted by Gasteiger charge is 2.14. The van der Waals surface area contributed by atoms with Crippen LogP contribution in [0, 0.1) is 0 Å². The van der Waals surface area contributed by atoms with Crippen molar-refractivity contribution in [3.8, 4) is 11.5 Å². The van der Waals surface area contributed by atoms with E-state index in [-0.39, 0.29) is 5.91 Å². The minimum absolute atomic E-state index is 0.112. The molecule has 0 spiro atoms. The summed E-state index contributed by atoms with van der Waals surface area (Å²) in [5.74, 6) is 1.01. The van der Waals surface area contributed by atoms with Gasteiger partial charge >= 0.3 is 0 Å². The molecule has 1 N–H and O–H groups in total. The van der Waals surface area contributed by atoms with Crippen molar-refractivity contribution in [3.63, 3.8) is 0 Å². The van der Waals surface area contributed by atoms with E-state index in [4.69, 9.17) is 21.1 Å². The van der Waals surface area contributed by atoms with Gasteiger partial charge in [-0.1, -0.05) is 36.2 Å². The molecule has 1 aliphatic heterocycles. The van der Waals surface area contributed by atoms with E-state index in [0.29, 0.717) is 29.7 Å². The summed E-state index contributed by atoms with van der Waals surface area (Å²) in [5.41, 5.74) is 4.24. The molecule has 1 saturated heterocycles. The van der Waals surface area contributed by atoms with E-state index < -0.39 is 0 Å². The number of benzene rings is 2. The van der Waals surface area contributed by atoms with E-state index in [1.165, 1.54) is 6.42 Å². The fourth-order valence-corrected chi connectivity index (χ4v) is 4.02. The van der Waals surface area contributed by atoms with Gasteiger partial charge in [-0.05, 0) is 65.6 Å². The Labute approximate surface area is 190 Å². The highest BCUT2D eigenvalue weighted by Crippen LogP contribution is 2.37. The zero-order valence-corrected chi connectivity index (χ0v) is 19.2.